The van der Waals surface area contributed by atoms with E-state index in [1.165, 1.54) is 10.8 Å². The molecule has 0 bridgehead atoms. The number of fused-ring (bicyclic) bond motifs is 1. The lowest BCUT2D eigenvalue weighted by Crippen LogP contribution is -2.24. The first-order valence-electron chi connectivity index (χ1n) is 7.78. The summed E-state index contributed by atoms with van der Waals surface area (Å²) in [6, 6.07) is 15.0. The molecule has 0 saturated heterocycles. The van der Waals surface area contributed by atoms with E-state index in [4.69, 9.17) is 0 Å². The van der Waals surface area contributed by atoms with E-state index in [9.17, 15) is 9.59 Å². The van der Waals surface area contributed by atoms with Crippen LogP contribution in [0.25, 0.3) is 11.0 Å². The number of imidazole rings is 2. The summed E-state index contributed by atoms with van der Waals surface area (Å²) in [4.78, 5) is 34.6. The molecule has 124 valence electrons. The van der Waals surface area contributed by atoms with Crippen molar-refractivity contribution in [3.63, 3.8) is 0 Å². The zero-order chi connectivity index (χ0) is 17.2. The molecule has 4 aromatic rings. The van der Waals surface area contributed by atoms with Crippen LogP contribution in [0.5, 0.6) is 0 Å². The molecule has 2 aromatic carbocycles. The van der Waals surface area contributed by atoms with Gasteiger partial charge in [0, 0.05) is 6.20 Å². The molecule has 2 heterocycles. The summed E-state index contributed by atoms with van der Waals surface area (Å²) >= 11 is 0. The highest BCUT2D eigenvalue weighted by Crippen LogP contribution is 2.20. The summed E-state index contributed by atoms with van der Waals surface area (Å²) in [7, 11) is 0. The number of benzene rings is 2. The molecule has 0 fully saturated rings. The van der Waals surface area contributed by atoms with E-state index < -0.39 is 0 Å². The van der Waals surface area contributed by atoms with Crippen LogP contribution < -0.4 is 11.0 Å². The third-order valence-electron chi connectivity index (χ3n) is 3.98. The van der Waals surface area contributed by atoms with Crippen LogP contribution in [0, 0.1) is 0 Å². The van der Waals surface area contributed by atoms with Crippen molar-refractivity contribution in [1.29, 1.82) is 0 Å². The fraction of sp³-hybridized carbons (Fsp3) is 0.0556. The molecular weight excluding hydrogens is 318 g/mol. The van der Waals surface area contributed by atoms with Crippen LogP contribution >= 0.6 is 0 Å². The molecule has 7 heteroatoms. The molecule has 0 aliphatic carbocycles. The van der Waals surface area contributed by atoms with Crippen LogP contribution in [0.2, 0.25) is 0 Å². The summed E-state index contributed by atoms with van der Waals surface area (Å²) < 4.78 is 1.41. The normalized spacial score (nSPS) is 10.9. The maximum Gasteiger partial charge on any atom is 0.326 e. The number of nitrogens with zero attached hydrogens (tertiary/aromatic N) is 2. The van der Waals surface area contributed by atoms with Crippen molar-refractivity contribution in [3.05, 3.63) is 82.8 Å². The van der Waals surface area contributed by atoms with Gasteiger partial charge in [-0.3, -0.25) is 9.36 Å². The van der Waals surface area contributed by atoms with Crippen molar-refractivity contribution in [3.8, 4) is 0 Å². The molecule has 2 aromatic heterocycles. The van der Waals surface area contributed by atoms with Gasteiger partial charge in [0.25, 0.3) is 5.91 Å². The highest BCUT2D eigenvalue weighted by molar-refractivity contribution is 6.07. The Morgan fingerprint density at radius 1 is 1.08 bits per heavy atom. The van der Waals surface area contributed by atoms with Gasteiger partial charge in [0.15, 0.2) is 0 Å². The maximum absolute atomic E-state index is 12.7. The second kappa shape index (κ2) is 6.12. The fourth-order valence-corrected chi connectivity index (χ4v) is 2.76. The van der Waals surface area contributed by atoms with Crippen LogP contribution in [0.15, 0.2) is 65.8 Å². The zero-order valence-corrected chi connectivity index (χ0v) is 13.2. The van der Waals surface area contributed by atoms with Gasteiger partial charge in [0.1, 0.15) is 11.2 Å². The summed E-state index contributed by atoms with van der Waals surface area (Å²) in [5.41, 5.74) is 2.96. The van der Waals surface area contributed by atoms with E-state index in [-0.39, 0.29) is 17.3 Å². The smallest absolute Gasteiger partial charge is 0.326 e. The van der Waals surface area contributed by atoms with Gasteiger partial charge in [-0.1, -0.05) is 36.4 Å². The molecule has 0 aliphatic rings. The van der Waals surface area contributed by atoms with Crippen molar-refractivity contribution in [2.24, 2.45) is 0 Å². The van der Waals surface area contributed by atoms with Gasteiger partial charge in [-0.25, -0.2) is 9.78 Å². The number of aromatic amines is 2. The number of hydrogen-bond acceptors (Lipinski definition) is 3. The molecular formula is C18H15N5O2. The number of H-pyrrole nitrogens is 2. The summed E-state index contributed by atoms with van der Waals surface area (Å²) in [5, 5.41) is 2.83. The average molecular weight is 333 g/mol. The third kappa shape index (κ3) is 2.83. The largest absolute Gasteiger partial charge is 0.345 e. The van der Waals surface area contributed by atoms with Gasteiger partial charge in [0.2, 0.25) is 0 Å². The monoisotopic (exact) mass is 333 g/mol. The van der Waals surface area contributed by atoms with Gasteiger partial charge in [-0.2, -0.15) is 0 Å². The molecule has 1 amide bonds. The predicted molar refractivity (Wildman–Crippen MR) is 94.6 cm³/mol. The summed E-state index contributed by atoms with van der Waals surface area (Å²) in [5.74, 6) is -0.371. The molecule has 7 nitrogen and oxygen atoms in total. The van der Waals surface area contributed by atoms with Crippen molar-refractivity contribution in [1.82, 2.24) is 19.5 Å². The minimum atomic E-state index is -0.371. The predicted octanol–water partition coefficient (Wildman–Crippen LogP) is 2.35. The highest BCUT2D eigenvalue weighted by Gasteiger charge is 2.16. The first kappa shape index (κ1) is 14.9. The van der Waals surface area contributed by atoms with Crippen LogP contribution in [-0.4, -0.2) is 25.4 Å². The first-order valence-corrected chi connectivity index (χ1v) is 7.78. The molecule has 25 heavy (non-hydrogen) atoms. The van der Waals surface area contributed by atoms with Crippen molar-refractivity contribution in [2.75, 3.05) is 5.32 Å². The topological polar surface area (TPSA) is 95.6 Å². The molecule has 0 radical (unpaired) electrons. The Labute approximate surface area is 142 Å². The Hall–Kier alpha value is -3.61. The molecule has 3 N–H and O–H groups in total. The zero-order valence-electron chi connectivity index (χ0n) is 13.2. The average Bonchev–Trinajstić information content (AvgIpc) is 3.24. The van der Waals surface area contributed by atoms with Crippen molar-refractivity contribution < 1.29 is 4.79 Å². The second-order valence-corrected chi connectivity index (χ2v) is 5.61. The number of carbonyl (C=O) groups excluding carboxylic acids is 1. The quantitative estimate of drug-likeness (QED) is 0.535. The highest BCUT2D eigenvalue weighted by atomic mass is 16.2. The minimum absolute atomic E-state index is 0.265. The van der Waals surface area contributed by atoms with E-state index in [1.807, 2.05) is 42.5 Å². The number of aromatic nitrogens is 4. The van der Waals surface area contributed by atoms with Crippen LogP contribution in [-0.2, 0) is 6.54 Å². The lowest BCUT2D eigenvalue weighted by atomic mass is 10.2. The van der Waals surface area contributed by atoms with Crippen LogP contribution in [0.4, 0.5) is 5.69 Å². The molecule has 0 aliphatic heterocycles. The van der Waals surface area contributed by atoms with Crippen molar-refractivity contribution in [2.45, 2.75) is 6.54 Å². The molecule has 0 unspecified atom stereocenters. The van der Waals surface area contributed by atoms with Gasteiger partial charge >= 0.3 is 5.69 Å². The lowest BCUT2D eigenvalue weighted by Gasteiger charge is -2.09. The minimum Gasteiger partial charge on any atom is -0.345 e. The van der Waals surface area contributed by atoms with E-state index in [2.05, 4.69) is 20.3 Å². The number of nitrogens with one attached hydrogen (secondary N) is 3. The standard InChI is InChI=1S/C18H15N5O2/c24-17(22-14-8-4-7-13-16(14)21-11-20-13)15-9-19-18(25)23(15)10-12-5-2-1-3-6-12/h1-9,11H,10H2,(H,19,25)(H,20,21)(H,22,24). The SMILES string of the molecule is O=C(Nc1cccc2[nH]cnc12)c1c[nH]c(=O)n1Cc1ccccc1. The number of para-hydroxylation sites is 1. The lowest BCUT2D eigenvalue weighted by molar-refractivity contribution is 0.101. The Balaban J connectivity index is 1.65. The van der Waals surface area contributed by atoms with Crippen LogP contribution in [0.3, 0.4) is 0 Å². The van der Waals surface area contributed by atoms with Gasteiger partial charge in [0.05, 0.1) is 24.1 Å². The second-order valence-electron chi connectivity index (χ2n) is 5.61. The van der Waals surface area contributed by atoms with E-state index in [1.54, 1.807) is 12.4 Å². The number of amides is 1. The van der Waals surface area contributed by atoms with E-state index in [0.717, 1.165) is 11.1 Å². The Morgan fingerprint density at radius 2 is 1.92 bits per heavy atom. The Kier molecular flexibility index (Phi) is 3.66. The third-order valence-corrected chi connectivity index (χ3v) is 3.98. The van der Waals surface area contributed by atoms with Gasteiger partial charge in [-0.05, 0) is 17.7 Å². The Bertz CT molecular complexity index is 1090. The molecule has 0 atom stereocenters. The number of anilines is 1. The van der Waals surface area contributed by atoms with E-state index >= 15 is 0 Å². The Morgan fingerprint density at radius 3 is 2.76 bits per heavy atom. The number of carbonyl (C=O) groups is 1. The van der Waals surface area contributed by atoms with Crippen molar-refractivity contribution >= 4 is 22.6 Å². The summed E-state index contributed by atoms with van der Waals surface area (Å²) in [6.45, 7) is 0.318. The first-order chi connectivity index (χ1) is 12.2. The summed E-state index contributed by atoms with van der Waals surface area (Å²) in [6.07, 6.45) is 2.99. The van der Waals surface area contributed by atoms with Gasteiger partial charge < -0.3 is 15.3 Å². The van der Waals surface area contributed by atoms with E-state index in [0.29, 0.717) is 17.7 Å². The molecule has 4 rings (SSSR count). The molecule has 0 saturated carbocycles. The van der Waals surface area contributed by atoms with Gasteiger partial charge in [-0.15, -0.1) is 0 Å². The van der Waals surface area contributed by atoms with Crippen LogP contribution in [0.1, 0.15) is 16.1 Å². The maximum atomic E-state index is 12.7. The number of rotatable bonds is 4. The fourth-order valence-electron chi connectivity index (χ4n) is 2.76. The molecule has 0 spiro atoms. The number of hydrogen-bond donors (Lipinski definition) is 3.